The zero-order valence-electron chi connectivity index (χ0n) is 12.6. The highest BCUT2D eigenvalue weighted by molar-refractivity contribution is 5.85. The van der Waals surface area contributed by atoms with Gasteiger partial charge in [0.1, 0.15) is 0 Å². The molecule has 2 rings (SSSR count). The molecule has 5 nitrogen and oxygen atoms in total. The Morgan fingerprint density at radius 1 is 1.52 bits per heavy atom. The Morgan fingerprint density at radius 3 is 2.90 bits per heavy atom. The molecule has 1 saturated heterocycles. The molecule has 1 aromatic rings. The SMILES string of the molecule is CC(CNC(=O)[C@H]1CCN[C@@H](C)C1)Cn1ccnc1.Cl.Cl. The van der Waals surface area contributed by atoms with E-state index in [2.05, 4.69) is 29.5 Å². The summed E-state index contributed by atoms with van der Waals surface area (Å²) in [6.45, 7) is 6.86. The van der Waals surface area contributed by atoms with Crippen LogP contribution in [-0.2, 0) is 11.3 Å². The molecule has 2 heterocycles. The number of carbonyl (C=O) groups excluding carboxylic acids is 1. The predicted molar refractivity (Wildman–Crippen MR) is 89.1 cm³/mol. The average molecular weight is 337 g/mol. The molecule has 0 saturated carbocycles. The molecular formula is C14H26Cl2N4O. The number of imidazole rings is 1. The molecule has 1 aliphatic heterocycles. The van der Waals surface area contributed by atoms with E-state index in [1.54, 1.807) is 6.20 Å². The Kier molecular flexibility index (Phi) is 9.66. The fourth-order valence-corrected chi connectivity index (χ4v) is 2.61. The Balaban J connectivity index is 0.00000200. The number of hydrogen-bond donors (Lipinski definition) is 2. The van der Waals surface area contributed by atoms with Crippen LogP contribution in [0.25, 0.3) is 0 Å². The summed E-state index contributed by atoms with van der Waals surface area (Å²) < 4.78 is 2.05. The van der Waals surface area contributed by atoms with E-state index in [9.17, 15) is 4.79 Å². The largest absolute Gasteiger partial charge is 0.356 e. The van der Waals surface area contributed by atoms with Crippen molar-refractivity contribution in [1.82, 2.24) is 20.2 Å². The minimum absolute atomic E-state index is 0. The van der Waals surface area contributed by atoms with Crippen molar-refractivity contribution < 1.29 is 4.79 Å². The van der Waals surface area contributed by atoms with Gasteiger partial charge in [0.2, 0.25) is 5.91 Å². The van der Waals surface area contributed by atoms with Gasteiger partial charge in [-0.3, -0.25) is 4.79 Å². The molecule has 1 fully saturated rings. The predicted octanol–water partition coefficient (Wildman–Crippen LogP) is 1.87. The van der Waals surface area contributed by atoms with Crippen molar-refractivity contribution in [2.24, 2.45) is 11.8 Å². The van der Waals surface area contributed by atoms with Crippen LogP contribution in [0.3, 0.4) is 0 Å². The van der Waals surface area contributed by atoms with E-state index < -0.39 is 0 Å². The molecule has 0 spiro atoms. The van der Waals surface area contributed by atoms with Crippen molar-refractivity contribution >= 4 is 30.7 Å². The molecule has 21 heavy (non-hydrogen) atoms. The fraction of sp³-hybridized carbons (Fsp3) is 0.714. The monoisotopic (exact) mass is 336 g/mol. The third kappa shape index (κ3) is 6.68. The molecule has 0 aliphatic carbocycles. The van der Waals surface area contributed by atoms with Crippen LogP contribution < -0.4 is 10.6 Å². The lowest BCUT2D eigenvalue weighted by Crippen LogP contribution is -2.43. The van der Waals surface area contributed by atoms with Crippen LogP contribution in [0.15, 0.2) is 18.7 Å². The summed E-state index contributed by atoms with van der Waals surface area (Å²) >= 11 is 0. The molecule has 1 aliphatic rings. The number of nitrogens with one attached hydrogen (secondary N) is 2. The first-order valence-corrected chi connectivity index (χ1v) is 7.12. The smallest absolute Gasteiger partial charge is 0.223 e. The molecule has 7 heteroatoms. The molecule has 0 bridgehead atoms. The second-order valence-electron chi connectivity index (χ2n) is 5.69. The van der Waals surface area contributed by atoms with Crippen LogP contribution in [-0.4, -0.2) is 34.6 Å². The highest BCUT2D eigenvalue weighted by Crippen LogP contribution is 2.16. The fourth-order valence-electron chi connectivity index (χ4n) is 2.61. The second-order valence-corrected chi connectivity index (χ2v) is 5.69. The van der Waals surface area contributed by atoms with Crippen molar-refractivity contribution in [3.05, 3.63) is 18.7 Å². The molecule has 2 N–H and O–H groups in total. The van der Waals surface area contributed by atoms with E-state index in [0.29, 0.717) is 12.0 Å². The molecule has 1 unspecified atom stereocenters. The number of aromatic nitrogens is 2. The van der Waals surface area contributed by atoms with Crippen LogP contribution in [0.5, 0.6) is 0 Å². The summed E-state index contributed by atoms with van der Waals surface area (Å²) in [4.78, 5) is 16.1. The molecular weight excluding hydrogens is 311 g/mol. The van der Waals surface area contributed by atoms with Crippen molar-refractivity contribution in [3.63, 3.8) is 0 Å². The lowest BCUT2D eigenvalue weighted by Gasteiger charge is -2.27. The number of rotatable bonds is 5. The summed E-state index contributed by atoms with van der Waals surface area (Å²) in [5, 5.41) is 6.46. The normalized spacial score (nSPS) is 22.6. The summed E-state index contributed by atoms with van der Waals surface area (Å²) in [6, 6.07) is 0.452. The van der Waals surface area contributed by atoms with Crippen molar-refractivity contribution in [2.45, 2.75) is 39.3 Å². The van der Waals surface area contributed by atoms with E-state index in [0.717, 1.165) is 32.5 Å². The zero-order chi connectivity index (χ0) is 13.7. The van der Waals surface area contributed by atoms with Crippen LogP contribution in [0, 0.1) is 11.8 Å². The van der Waals surface area contributed by atoms with Gasteiger partial charge >= 0.3 is 0 Å². The maximum Gasteiger partial charge on any atom is 0.223 e. The molecule has 1 amide bonds. The first-order valence-electron chi connectivity index (χ1n) is 7.12. The van der Waals surface area contributed by atoms with Gasteiger partial charge in [0.05, 0.1) is 6.33 Å². The molecule has 3 atom stereocenters. The zero-order valence-corrected chi connectivity index (χ0v) is 14.3. The van der Waals surface area contributed by atoms with Crippen LogP contribution in [0.2, 0.25) is 0 Å². The Labute approximate surface area is 139 Å². The van der Waals surface area contributed by atoms with Gasteiger partial charge in [0, 0.05) is 37.4 Å². The number of hydrogen-bond acceptors (Lipinski definition) is 3. The lowest BCUT2D eigenvalue weighted by molar-refractivity contribution is -0.126. The lowest BCUT2D eigenvalue weighted by atomic mass is 9.92. The van der Waals surface area contributed by atoms with Gasteiger partial charge in [-0.25, -0.2) is 4.98 Å². The highest BCUT2D eigenvalue weighted by atomic mass is 35.5. The average Bonchev–Trinajstić information content (AvgIpc) is 2.88. The van der Waals surface area contributed by atoms with E-state index in [4.69, 9.17) is 0 Å². The quantitative estimate of drug-likeness (QED) is 0.862. The van der Waals surface area contributed by atoms with Gasteiger partial charge in [0.25, 0.3) is 0 Å². The maximum atomic E-state index is 12.1. The van der Waals surface area contributed by atoms with Gasteiger partial charge < -0.3 is 15.2 Å². The van der Waals surface area contributed by atoms with Crippen molar-refractivity contribution in [2.75, 3.05) is 13.1 Å². The summed E-state index contributed by atoms with van der Waals surface area (Å²) in [6.07, 6.45) is 7.44. The Bertz CT molecular complexity index is 400. The number of amides is 1. The van der Waals surface area contributed by atoms with Crippen LogP contribution >= 0.6 is 24.8 Å². The van der Waals surface area contributed by atoms with Gasteiger partial charge in [0.15, 0.2) is 0 Å². The second kappa shape index (κ2) is 10.0. The molecule has 1 aromatic heterocycles. The van der Waals surface area contributed by atoms with Gasteiger partial charge in [-0.05, 0) is 32.2 Å². The standard InChI is InChI=1S/C14H24N4O.2ClH/c1-11(9-18-6-5-15-10-18)8-17-14(19)13-3-4-16-12(2)7-13;;/h5-6,10-13,16H,3-4,7-9H2,1-2H3,(H,17,19);2*1H/t11?,12-,13-;;/m0../s1. The third-order valence-corrected chi connectivity index (χ3v) is 3.70. The first kappa shape index (κ1) is 20.2. The number of carbonyl (C=O) groups is 1. The van der Waals surface area contributed by atoms with E-state index in [1.807, 2.05) is 17.1 Å². The maximum absolute atomic E-state index is 12.1. The molecule has 122 valence electrons. The summed E-state index contributed by atoms with van der Waals surface area (Å²) in [7, 11) is 0. The van der Waals surface area contributed by atoms with E-state index >= 15 is 0 Å². The number of halogens is 2. The summed E-state index contributed by atoms with van der Waals surface area (Å²) in [5.41, 5.74) is 0. The Morgan fingerprint density at radius 2 is 2.29 bits per heavy atom. The van der Waals surface area contributed by atoms with Crippen molar-refractivity contribution in [1.29, 1.82) is 0 Å². The minimum atomic E-state index is 0. The van der Waals surface area contributed by atoms with E-state index in [1.165, 1.54) is 0 Å². The van der Waals surface area contributed by atoms with Gasteiger partial charge in [-0.15, -0.1) is 24.8 Å². The van der Waals surface area contributed by atoms with E-state index in [-0.39, 0.29) is 36.6 Å². The number of nitrogens with zero attached hydrogens (tertiary/aromatic N) is 2. The van der Waals surface area contributed by atoms with Gasteiger partial charge in [-0.1, -0.05) is 6.92 Å². The van der Waals surface area contributed by atoms with Crippen LogP contribution in [0.4, 0.5) is 0 Å². The van der Waals surface area contributed by atoms with Gasteiger partial charge in [-0.2, -0.15) is 0 Å². The number of piperidine rings is 1. The Hall–Kier alpha value is -0.780. The molecule has 0 aromatic carbocycles. The highest BCUT2D eigenvalue weighted by Gasteiger charge is 2.24. The van der Waals surface area contributed by atoms with Crippen LogP contribution in [0.1, 0.15) is 26.7 Å². The minimum Gasteiger partial charge on any atom is -0.356 e. The molecule has 0 radical (unpaired) electrons. The topological polar surface area (TPSA) is 59.0 Å². The third-order valence-electron chi connectivity index (χ3n) is 3.70. The first-order chi connectivity index (χ1) is 9.15. The summed E-state index contributed by atoms with van der Waals surface area (Å²) in [5.74, 6) is 0.805. The van der Waals surface area contributed by atoms with Crippen molar-refractivity contribution in [3.8, 4) is 0 Å².